The average Bonchev–Trinajstić information content (AvgIpc) is 3.20. The number of anilines is 1. The molecule has 0 aliphatic heterocycles. The Kier molecular flexibility index (Phi) is 5.78. The fourth-order valence-electron chi connectivity index (χ4n) is 2.61. The normalized spacial score (nSPS) is 11.6. The minimum Gasteiger partial charge on any atom is -0.476 e. The topological polar surface area (TPSA) is 143 Å². The van der Waals surface area contributed by atoms with Crippen molar-refractivity contribution in [3.05, 3.63) is 11.2 Å². The van der Waals surface area contributed by atoms with Crippen molar-refractivity contribution in [2.45, 2.75) is 39.8 Å². The summed E-state index contributed by atoms with van der Waals surface area (Å²) in [6, 6.07) is 1.71. The summed E-state index contributed by atoms with van der Waals surface area (Å²) in [6.07, 6.45) is -0.518. The molecule has 3 N–H and O–H groups in total. The molecular weight excluding hydrogens is 402 g/mol. The number of hydrogen-bond acceptors (Lipinski definition) is 9. The molecule has 0 aliphatic rings. The Balaban J connectivity index is 1.75. The summed E-state index contributed by atoms with van der Waals surface area (Å²) in [6.45, 7) is 8.30. The van der Waals surface area contributed by atoms with Gasteiger partial charge >= 0.3 is 6.09 Å². The Bertz CT molecular complexity index is 1020. The lowest BCUT2D eigenvalue weighted by Gasteiger charge is -2.19. The van der Waals surface area contributed by atoms with Crippen molar-refractivity contribution < 1.29 is 18.9 Å². The number of nitrogens with zero attached hydrogens (tertiary/aromatic N) is 5. The largest absolute Gasteiger partial charge is 0.476 e. The van der Waals surface area contributed by atoms with Crippen LogP contribution in [0.5, 0.6) is 5.88 Å². The Labute approximate surface area is 171 Å². The van der Waals surface area contributed by atoms with Crippen LogP contribution in [0, 0.1) is 0 Å². The molecule has 3 aromatic rings. The fourth-order valence-corrected chi connectivity index (χ4v) is 2.83. The van der Waals surface area contributed by atoms with Crippen molar-refractivity contribution >= 4 is 34.5 Å². The quantitative estimate of drug-likeness (QED) is 0.451. The third kappa shape index (κ3) is 4.67. The summed E-state index contributed by atoms with van der Waals surface area (Å²) in [5, 5.41) is 10.2. The number of nitrogens with one attached hydrogen (secondary N) is 1. The van der Waals surface area contributed by atoms with Crippen LogP contribution in [0.25, 0.3) is 22.6 Å². The number of fused-ring (bicyclic) bond motifs is 1. The molecule has 0 fully saturated rings. The van der Waals surface area contributed by atoms with E-state index in [2.05, 4.69) is 30.2 Å². The van der Waals surface area contributed by atoms with Gasteiger partial charge in [-0.3, -0.25) is 0 Å². The summed E-state index contributed by atoms with van der Waals surface area (Å²) in [4.78, 5) is 20.3. The summed E-state index contributed by atoms with van der Waals surface area (Å²) in [5.41, 5.74) is 6.72. The lowest BCUT2D eigenvalue weighted by Crippen LogP contribution is -2.34. The number of amides is 1. The maximum Gasteiger partial charge on any atom is 0.407 e. The minimum absolute atomic E-state index is 0.128. The number of aryl methyl sites for hydroxylation is 1. The van der Waals surface area contributed by atoms with Gasteiger partial charge < -0.3 is 25.1 Å². The molecule has 156 valence electrons. The number of rotatable bonds is 6. The van der Waals surface area contributed by atoms with Crippen molar-refractivity contribution in [3.63, 3.8) is 0 Å². The van der Waals surface area contributed by atoms with Gasteiger partial charge in [0.25, 0.3) is 0 Å². The molecule has 11 nitrogen and oxygen atoms in total. The second-order valence-corrected chi connectivity index (χ2v) is 7.43. The van der Waals surface area contributed by atoms with Crippen LogP contribution >= 0.6 is 11.6 Å². The zero-order valence-electron chi connectivity index (χ0n) is 16.5. The van der Waals surface area contributed by atoms with E-state index in [4.69, 9.17) is 26.8 Å². The van der Waals surface area contributed by atoms with E-state index in [9.17, 15) is 4.79 Å². The van der Waals surface area contributed by atoms with Crippen LogP contribution in [0.3, 0.4) is 0 Å². The summed E-state index contributed by atoms with van der Waals surface area (Å²) < 4.78 is 17.3. The second-order valence-electron chi connectivity index (χ2n) is 7.07. The van der Waals surface area contributed by atoms with Crippen LogP contribution < -0.4 is 15.8 Å². The van der Waals surface area contributed by atoms with Crippen molar-refractivity contribution in [3.8, 4) is 17.4 Å². The monoisotopic (exact) mass is 423 g/mol. The lowest BCUT2D eigenvalue weighted by atomic mass is 10.2. The van der Waals surface area contributed by atoms with Crippen molar-refractivity contribution in [2.75, 3.05) is 18.9 Å². The maximum atomic E-state index is 11.7. The van der Waals surface area contributed by atoms with Gasteiger partial charge in [0.05, 0.1) is 12.1 Å². The van der Waals surface area contributed by atoms with Gasteiger partial charge in [-0.25, -0.2) is 14.4 Å². The van der Waals surface area contributed by atoms with Crippen molar-refractivity contribution in [1.82, 2.24) is 30.2 Å². The Morgan fingerprint density at radius 3 is 2.72 bits per heavy atom. The van der Waals surface area contributed by atoms with E-state index in [1.807, 2.05) is 11.5 Å². The first-order valence-corrected chi connectivity index (χ1v) is 9.32. The third-order valence-corrected chi connectivity index (χ3v) is 4.00. The summed E-state index contributed by atoms with van der Waals surface area (Å²) >= 11 is 6.29. The highest BCUT2D eigenvalue weighted by molar-refractivity contribution is 6.33. The van der Waals surface area contributed by atoms with E-state index < -0.39 is 11.7 Å². The first-order chi connectivity index (χ1) is 13.7. The Hall–Kier alpha value is -3.08. The Morgan fingerprint density at radius 1 is 1.34 bits per heavy atom. The number of aromatic nitrogens is 5. The highest BCUT2D eigenvalue weighted by Crippen LogP contribution is 2.31. The molecule has 0 saturated heterocycles. The van der Waals surface area contributed by atoms with Gasteiger partial charge in [0, 0.05) is 12.6 Å². The standard InChI is InChI=1S/C17H22ClN7O4/c1-5-25-9-8-10(27-7-6-20-16(26)28-17(2,3)4)21-13(18)11(9)22-15(25)12-14(19)24-29-23-12/h8H,5-7H2,1-4H3,(H2,19,24)(H,20,26). The smallest absolute Gasteiger partial charge is 0.407 e. The van der Waals surface area contributed by atoms with Gasteiger partial charge in [-0.2, -0.15) is 4.98 Å². The number of alkyl carbamates (subject to hydrolysis) is 1. The molecule has 12 heteroatoms. The molecule has 3 heterocycles. The molecule has 0 spiro atoms. The molecule has 0 aromatic carbocycles. The zero-order chi connectivity index (χ0) is 21.2. The molecule has 29 heavy (non-hydrogen) atoms. The van der Waals surface area contributed by atoms with E-state index in [-0.39, 0.29) is 24.1 Å². The number of carbonyl (C=O) groups is 1. The first kappa shape index (κ1) is 20.6. The zero-order valence-corrected chi connectivity index (χ0v) is 17.3. The third-order valence-electron chi connectivity index (χ3n) is 3.73. The lowest BCUT2D eigenvalue weighted by molar-refractivity contribution is 0.0520. The van der Waals surface area contributed by atoms with Crippen LogP contribution in [0.1, 0.15) is 27.7 Å². The molecule has 0 bridgehead atoms. The van der Waals surface area contributed by atoms with Crippen LogP contribution in [0.2, 0.25) is 5.15 Å². The summed E-state index contributed by atoms with van der Waals surface area (Å²) in [7, 11) is 0. The second kappa shape index (κ2) is 8.11. The van der Waals surface area contributed by atoms with Gasteiger partial charge in [0.2, 0.25) is 5.88 Å². The van der Waals surface area contributed by atoms with Gasteiger partial charge in [-0.1, -0.05) is 11.6 Å². The van der Waals surface area contributed by atoms with E-state index in [0.717, 1.165) is 0 Å². The molecular formula is C17H22ClN7O4. The van der Waals surface area contributed by atoms with Crippen molar-refractivity contribution in [2.24, 2.45) is 0 Å². The number of nitrogens with two attached hydrogens (primary N) is 1. The molecule has 0 radical (unpaired) electrons. The first-order valence-electron chi connectivity index (χ1n) is 8.94. The number of pyridine rings is 1. The molecule has 0 saturated carbocycles. The molecule has 0 unspecified atom stereocenters. The predicted octanol–water partition coefficient (Wildman–Crippen LogP) is 2.64. The molecule has 3 aromatic heterocycles. The fraction of sp³-hybridized carbons (Fsp3) is 0.471. The number of imidazole rings is 1. The Morgan fingerprint density at radius 2 is 2.10 bits per heavy atom. The van der Waals surface area contributed by atoms with E-state index in [0.29, 0.717) is 35.0 Å². The number of halogens is 1. The van der Waals surface area contributed by atoms with E-state index in [1.165, 1.54) is 0 Å². The van der Waals surface area contributed by atoms with Gasteiger partial charge in [0.1, 0.15) is 17.7 Å². The number of carbonyl (C=O) groups excluding carboxylic acids is 1. The van der Waals surface area contributed by atoms with E-state index in [1.54, 1.807) is 26.8 Å². The van der Waals surface area contributed by atoms with Crippen LogP contribution in [0.4, 0.5) is 10.6 Å². The molecule has 3 rings (SSSR count). The van der Waals surface area contributed by atoms with Crippen molar-refractivity contribution in [1.29, 1.82) is 0 Å². The minimum atomic E-state index is -0.565. The molecule has 0 aliphatic carbocycles. The highest BCUT2D eigenvalue weighted by Gasteiger charge is 2.21. The van der Waals surface area contributed by atoms with E-state index >= 15 is 0 Å². The SMILES string of the molecule is CCn1c(-c2nonc2N)nc2c(Cl)nc(OCCNC(=O)OC(C)(C)C)cc21. The predicted molar refractivity (Wildman–Crippen MR) is 106 cm³/mol. The highest BCUT2D eigenvalue weighted by atomic mass is 35.5. The van der Waals surface area contributed by atoms with Crippen LogP contribution in [0.15, 0.2) is 10.7 Å². The van der Waals surface area contributed by atoms with Gasteiger partial charge in [-0.05, 0) is 38.0 Å². The molecule has 1 amide bonds. The maximum absolute atomic E-state index is 11.7. The van der Waals surface area contributed by atoms with Gasteiger partial charge in [0.15, 0.2) is 22.5 Å². The van der Waals surface area contributed by atoms with Crippen LogP contribution in [-0.2, 0) is 11.3 Å². The molecule has 0 atom stereocenters. The van der Waals surface area contributed by atoms with Crippen LogP contribution in [-0.4, -0.2) is 49.7 Å². The number of ether oxygens (including phenoxy) is 2. The summed E-state index contributed by atoms with van der Waals surface area (Å²) in [5.74, 6) is 0.887. The van der Waals surface area contributed by atoms with Gasteiger partial charge in [-0.15, -0.1) is 0 Å². The average molecular weight is 424 g/mol. The number of hydrogen-bond donors (Lipinski definition) is 2. The number of nitrogen functional groups attached to an aromatic ring is 1.